The van der Waals surface area contributed by atoms with E-state index in [4.69, 9.17) is 0 Å². The predicted molar refractivity (Wildman–Crippen MR) is 91.3 cm³/mol. The van der Waals surface area contributed by atoms with Crippen molar-refractivity contribution in [1.82, 2.24) is 10.3 Å². The third-order valence-electron chi connectivity index (χ3n) is 3.85. The third-order valence-corrected chi connectivity index (χ3v) is 3.85. The Labute approximate surface area is 134 Å². The van der Waals surface area contributed by atoms with Crippen molar-refractivity contribution < 1.29 is 4.79 Å². The summed E-state index contributed by atoms with van der Waals surface area (Å²) in [6, 6.07) is 17.2. The van der Waals surface area contributed by atoms with Gasteiger partial charge in [-0.3, -0.25) is 9.59 Å². The van der Waals surface area contributed by atoms with Crippen LogP contribution in [0.25, 0.3) is 10.9 Å². The fourth-order valence-corrected chi connectivity index (χ4v) is 2.60. The Morgan fingerprint density at radius 2 is 1.87 bits per heavy atom. The molecule has 0 saturated heterocycles. The standard InChI is InChI=1S/C19H18N2O2/c1-13-6-5-9-15-11-16(19(23)21-18(13)15)12-20-17(22)10-14-7-3-2-4-8-14/h2-9,11H,10,12H2,1H3,(H,20,22)(H,21,23). The molecular formula is C19H18N2O2. The van der Waals surface area contributed by atoms with Crippen LogP contribution in [0.4, 0.5) is 0 Å². The summed E-state index contributed by atoms with van der Waals surface area (Å²) in [6.45, 7) is 2.18. The number of amides is 1. The Kier molecular flexibility index (Phi) is 4.24. The lowest BCUT2D eigenvalue weighted by Gasteiger charge is -2.07. The number of nitrogens with one attached hydrogen (secondary N) is 2. The zero-order chi connectivity index (χ0) is 16.2. The van der Waals surface area contributed by atoms with Crippen molar-refractivity contribution in [3.05, 3.63) is 81.6 Å². The molecular weight excluding hydrogens is 288 g/mol. The summed E-state index contributed by atoms with van der Waals surface area (Å²) in [5.41, 5.74) is 3.22. The van der Waals surface area contributed by atoms with Crippen LogP contribution >= 0.6 is 0 Å². The van der Waals surface area contributed by atoms with Gasteiger partial charge in [-0.05, 0) is 29.5 Å². The number of fused-ring (bicyclic) bond motifs is 1. The molecule has 0 fully saturated rings. The van der Waals surface area contributed by atoms with E-state index in [1.807, 2.05) is 61.5 Å². The van der Waals surface area contributed by atoms with E-state index in [0.717, 1.165) is 22.0 Å². The number of hydrogen-bond acceptors (Lipinski definition) is 2. The minimum absolute atomic E-state index is 0.0973. The first kappa shape index (κ1) is 15.0. The highest BCUT2D eigenvalue weighted by Gasteiger charge is 2.07. The smallest absolute Gasteiger partial charge is 0.253 e. The van der Waals surface area contributed by atoms with E-state index in [2.05, 4.69) is 10.3 Å². The molecule has 4 heteroatoms. The number of carbonyl (C=O) groups is 1. The molecule has 116 valence electrons. The third kappa shape index (κ3) is 3.48. The second-order valence-electron chi connectivity index (χ2n) is 5.60. The number of rotatable bonds is 4. The number of hydrogen-bond donors (Lipinski definition) is 2. The molecule has 0 saturated carbocycles. The topological polar surface area (TPSA) is 62.0 Å². The highest BCUT2D eigenvalue weighted by Crippen LogP contribution is 2.14. The Bertz CT molecular complexity index is 898. The van der Waals surface area contributed by atoms with Gasteiger partial charge < -0.3 is 10.3 Å². The van der Waals surface area contributed by atoms with Crippen LogP contribution in [-0.2, 0) is 17.8 Å². The Morgan fingerprint density at radius 1 is 1.09 bits per heavy atom. The molecule has 0 spiro atoms. The van der Waals surface area contributed by atoms with Crippen LogP contribution in [0.15, 0.2) is 59.4 Å². The van der Waals surface area contributed by atoms with Crippen molar-refractivity contribution in [3.8, 4) is 0 Å². The fraction of sp³-hybridized carbons (Fsp3) is 0.158. The Morgan fingerprint density at radius 3 is 2.65 bits per heavy atom. The molecule has 3 aromatic rings. The SMILES string of the molecule is Cc1cccc2cc(CNC(=O)Cc3ccccc3)c(=O)[nH]c12. The molecule has 23 heavy (non-hydrogen) atoms. The summed E-state index contributed by atoms with van der Waals surface area (Å²) in [5.74, 6) is -0.0973. The maximum absolute atomic E-state index is 12.1. The summed E-state index contributed by atoms with van der Waals surface area (Å²) < 4.78 is 0. The first-order valence-electron chi connectivity index (χ1n) is 7.55. The lowest BCUT2D eigenvalue weighted by atomic mass is 10.1. The molecule has 3 rings (SSSR count). The van der Waals surface area contributed by atoms with Gasteiger partial charge in [-0.1, -0.05) is 48.5 Å². The molecule has 0 radical (unpaired) electrons. The maximum atomic E-state index is 12.1. The van der Waals surface area contributed by atoms with Gasteiger partial charge in [-0.2, -0.15) is 0 Å². The molecule has 0 aliphatic heterocycles. The summed E-state index contributed by atoms with van der Waals surface area (Å²) in [4.78, 5) is 27.0. The van der Waals surface area contributed by atoms with E-state index < -0.39 is 0 Å². The predicted octanol–water partition coefficient (Wildman–Crippen LogP) is 2.70. The molecule has 2 N–H and O–H groups in total. The van der Waals surface area contributed by atoms with Crippen molar-refractivity contribution in [3.63, 3.8) is 0 Å². The minimum atomic E-state index is -0.160. The molecule has 0 bridgehead atoms. The number of H-pyrrole nitrogens is 1. The average molecular weight is 306 g/mol. The molecule has 1 amide bonds. The van der Waals surface area contributed by atoms with Crippen LogP contribution in [0.5, 0.6) is 0 Å². The first-order chi connectivity index (χ1) is 11.1. The molecule has 0 atom stereocenters. The summed E-state index contributed by atoms with van der Waals surface area (Å²) in [6.07, 6.45) is 0.311. The second kappa shape index (κ2) is 6.48. The summed E-state index contributed by atoms with van der Waals surface area (Å²) >= 11 is 0. The van der Waals surface area contributed by atoms with Gasteiger partial charge in [-0.15, -0.1) is 0 Å². The van der Waals surface area contributed by atoms with Crippen LogP contribution in [0.1, 0.15) is 16.7 Å². The number of aromatic nitrogens is 1. The van der Waals surface area contributed by atoms with E-state index in [1.54, 1.807) is 0 Å². The van der Waals surface area contributed by atoms with Gasteiger partial charge in [0.1, 0.15) is 0 Å². The molecule has 0 aliphatic rings. The fourth-order valence-electron chi connectivity index (χ4n) is 2.60. The normalized spacial score (nSPS) is 10.7. The highest BCUT2D eigenvalue weighted by atomic mass is 16.1. The van der Waals surface area contributed by atoms with Crippen molar-refractivity contribution in [2.75, 3.05) is 0 Å². The van der Waals surface area contributed by atoms with Gasteiger partial charge in [0.15, 0.2) is 0 Å². The molecule has 4 nitrogen and oxygen atoms in total. The second-order valence-corrected chi connectivity index (χ2v) is 5.60. The lowest BCUT2D eigenvalue weighted by molar-refractivity contribution is -0.120. The van der Waals surface area contributed by atoms with Gasteiger partial charge in [0.05, 0.1) is 11.9 Å². The lowest BCUT2D eigenvalue weighted by Crippen LogP contribution is -2.28. The van der Waals surface area contributed by atoms with Crippen LogP contribution in [0.2, 0.25) is 0 Å². The maximum Gasteiger partial charge on any atom is 0.253 e. The van der Waals surface area contributed by atoms with Gasteiger partial charge in [0.25, 0.3) is 5.56 Å². The quantitative estimate of drug-likeness (QED) is 0.778. The van der Waals surface area contributed by atoms with E-state index in [9.17, 15) is 9.59 Å². The number of para-hydroxylation sites is 1. The van der Waals surface area contributed by atoms with Crippen molar-refractivity contribution >= 4 is 16.8 Å². The number of aromatic amines is 1. The van der Waals surface area contributed by atoms with Crippen LogP contribution in [0, 0.1) is 6.92 Å². The Balaban J connectivity index is 1.73. The largest absolute Gasteiger partial charge is 0.352 e. The average Bonchev–Trinajstić information content (AvgIpc) is 2.55. The number of carbonyl (C=O) groups excluding carboxylic acids is 1. The van der Waals surface area contributed by atoms with E-state index in [-0.39, 0.29) is 18.0 Å². The van der Waals surface area contributed by atoms with Gasteiger partial charge in [0.2, 0.25) is 5.91 Å². The van der Waals surface area contributed by atoms with Gasteiger partial charge in [-0.25, -0.2) is 0 Å². The van der Waals surface area contributed by atoms with Crippen molar-refractivity contribution in [1.29, 1.82) is 0 Å². The number of pyridine rings is 1. The number of aryl methyl sites for hydroxylation is 1. The molecule has 1 heterocycles. The molecule has 0 unspecified atom stereocenters. The monoisotopic (exact) mass is 306 g/mol. The van der Waals surface area contributed by atoms with Crippen LogP contribution < -0.4 is 10.9 Å². The zero-order valence-electron chi connectivity index (χ0n) is 12.9. The summed E-state index contributed by atoms with van der Waals surface area (Å²) in [5, 5.41) is 3.78. The highest BCUT2D eigenvalue weighted by molar-refractivity contribution is 5.82. The minimum Gasteiger partial charge on any atom is -0.352 e. The van der Waals surface area contributed by atoms with Crippen molar-refractivity contribution in [2.45, 2.75) is 19.9 Å². The zero-order valence-corrected chi connectivity index (χ0v) is 12.9. The van der Waals surface area contributed by atoms with Crippen molar-refractivity contribution in [2.24, 2.45) is 0 Å². The molecule has 0 aliphatic carbocycles. The van der Waals surface area contributed by atoms with E-state index >= 15 is 0 Å². The molecule has 2 aromatic carbocycles. The first-order valence-corrected chi connectivity index (χ1v) is 7.55. The molecule has 1 aromatic heterocycles. The number of benzene rings is 2. The van der Waals surface area contributed by atoms with Crippen LogP contribution in [0.3, 0.4) is 0 Å². The summed E-state index contributed by atoms with van der Waals surface area (Å²) in [7, 11) is 0. The van der Waals surface area contributed by atoms with E-state index in [0.29, 0.717) is 12.0 Å². The van der Waals surface area contributed by atoms with E-state index in [1.165, 1.54) is 0 Å². The Hall–Kier alpha value is -2.88. The van der Waals surface area contributed by atoms with Gasteiger partial charge in [0, 0.05) is 12.1 Å². The van der Waals surface area contributed by atoms with Crippen LogP contribution in [-0.4, -0.2) is 10.9 Å². The van der Waals surface area contributed by atoms with Gasteiger partial charge >= 0.3 is 0 Å².